The summed E-state index contributed by atoms with van der Waals surface area (Å²) < 4.78 is 64.4. The van der Waals surface area contributed by atoms with E-state index in [9.17, 15) is 36.7 Å². The molecule has 0 aromatic heterocycles. The van der Waals surface area contributed by atoms with Crippen molar-refractivity contribution in [3.05, 3.63) is 124 Å². The highest BCUT2D eigenvalue weighted by atomic mass is 19.4. The predicted molar refractivity (Wildman–Crippen MR) is 223 cm³/mol. The van der Waals surface area contributed by atoms with Gasteiger partial charge < -0.3 is 35.2 Å². The highest BCUT2D eigenvalue weighted by Gasteiger charge is 2.38. The van der Waals surface area contributed by atoms with Crippen LogP contribution in [-0.4, -0.2) is 111 Å². The summed E-state index contributed by atoms with van der Waals surface area (Å²) in [7, 11) is 0. The number of hydrazone groups is 1. The lowest BCUT2D eigenvalue weighted by Gasteiger charge is -2.35. The van der Waals surface area contributed by atoms with Crippen molar-refractivity contribution >= 4 is 35.4 Å². The molecule has 13 nitrogen and oxygen atoms in total. The molecule has 0 saturated carbocycles. The Balaban J connectivity index is 0.00000403. The molecule has 1 fully saturated rings. The number of ether oxygens (including phenoxy) is 2. The van der Waals surface area contributed by atoms with E-state index in [1.54, 1.807) is 23.1 Å². The van der Waals surface area contributed by atoms with Gasteiger partial charge in [0.1, 0.15) is 11.6 Å². The van der Waals surface area contributed by atoms with E-state index in [2.05, 4.69) is 31.2 Å². The molecule has 4 amide bonds. The van der Waals surface area contributed by atoms with Gasteiger partial charge in [-0.1, -0.05) is 75.4 Å². The topological polar surface area (TPSA) is 154 Å². The van der Waals surface area contributed by atoms with Gasteiger partial charge >= 0.3 is 6.36 Å². The van der Waals surface area contributed by atoms with Crippen LogP contribution in [0.5, 0.6) is 0 Å². The molecule has 0 aliphatic carbocycles. The van der Waals surface area contributed by atoms with E-state index in [-0.39, 0.29) is 70.4 Å². The highest BCUT2D eigenvalue weighted by molar-refractivity contribution is 6.03. The average Bonchev–Trinajstić information content (AvgIpc) is 3.26. The molecule has 2 aliphatic heterocycles. The number of alkyl halides is 3. The second-order valence-corrected chi connectivity index (χ2v) is 13.7. The van der Waals surface area contributed by atoms with Crippen LogP contribution in [0.3, 0.4) is 0 Å². The van der Waals surface area contributed by atoms with Crippen molar-refractivity contribution in [3.63, 3.8) is 0 Å². The van der Waals surface area contributed by atoms with E-state index in [0.717, 1.165) is 23.1 Å². The molecule has 4 N–H and O–H groups in total. The number of benzene rings is 3. The second kappa shape index (κ2) is 23.6. The van der Waals surface area contributed by atoms with Crippen molar-refractivity contribution in [2.45, 2.75) is 52.9 Å². The van der Waals surface area contributed by atoms with Gasteiger partial charge in [0.2, 0.25) is 18.2 Å². The number of aryl methyl sites for hydroxylation is 2. The Labute approximate surface area is 353 Å². The van der Waals surface area contributed by atoms with Crippen LogP contribution in [0, 0.1) is 12.7 Å². The number of carbonyl (C=O) groups is 4. The van der Waals surface area contributed by atoms with Crippen LogP contribution >= 0.6 is 0 Å². The lowest BCUT2D eigenvalue weighted by atomic mass is 9.97. The minimum Gasteiger partial charge on any atom is -0.407 e. The zero-order chi connectivity index (χ0) is 44.4. The minimum atomic E-state index is -5.00. The molecular weight excluding hydrogens is 799 g/mol. The van der Waals surface area contributed by atoms with Crippen molar-refractivity contribution in [2.75, 3.05) is 59.0 Å². The normalized spacial score (nSPS) is 15.3. The number of rotatable bonds is 18. The summed E-state index contributed by atoms with van der Waals surface area (Å²) in [6, 6.07) is 17.7. The predicted octanol–water partition coefficient (Wildman–Crippen LogP) is 4.86. The third kappa shape index (κ3) is 14.3. The summed E-state index contributed by atoms with van der Waals surface area (Å²) in [6.45, 7) is 9.40. The van der Waals surface area contributed by atoms with Crippen LogP contribution < -0.4 is 21.4 Å². The maximum Gasteiger partial charge on any atom is 0.572 e. The van der Waals surface area contributed by atoms with Crippen LogP contribution in [0.2, 0.25) is 0 Å². The molecule has 2 aliphatic rings. The van der Waals surface area contributed by atoms with E-state index in [4.69, 9.17) is 4.74 Å². The van der Waals surface area contributed by atoms with Crippen molar-refractivity contribution in [2.24, 2.45) is 5.10 Å². The summed E-state index contributed by atoms with van der Waals surface area (Å²) in [4.78, 5) is 53.1. The second-order valence-electron chi connectivity index (χ2n) is 13.7. The molecule has 2 heterocycles. The number of allylic oxidation sites excluding steroid dienone is 2. The molecule has 3 aromatic carbocycles. The highest BCUT2D eigenvalue weighted by Crippen LogP contribution is 2.29. The van der Waals surface area contributed by atoms with Gasteiger partial charge in [0.15, 0.2) is 6.04 Å². The van der Waals surface area contributed by atoms with Gasteiger partial charge in [-0.3, -0.25) is 19.2 Å². The fourth-order valence-electron chi connectivity index (χ4n) is 6.56. The van der Waals surface area contributed by atoms with Gasteiger partial charge in [-0.05, 0) is 53.8 Å². The van der Waals surface area contributed by atoms with Crippen LogP contribution in [0.1, 0.15) is 58.9 Å². The van der Waals surface area contributed by atoms with Crippen LogP contribution in [-0.2, 0) is 36.7 Å². The zero-order valence-electron chi connectivity index (χ0n) is 34.7. The molecule has 61 heavy (non-hydrogen) atoms. The number of amides is 4. The Morgan fingerprint density at radius 1 is 0.918 bits per heavy atom. The van der Waals surface area contributed by atoms with Crippen molar-refractivity contribution in [1.82, 2.24) is 31.2 Å². The third-order valence-electron chi connectivity index (χ3n) is 9.66. The molecule has 3 aromatic rings. The number of piperazine rings is 1. The number of halogens is 4. The molecule has 1 saturated heterocycles. The first-order valence-electron chi connectivity index (χ1n) is 20.1. The lowest BCUT2D eigenvalue weighted by Crippen LogP contribution is -2.52. The SMILES string of the molecule is CC.CCc1cccc(C2=CNC(C(=O)NCCOCCNCC(=O)N3CCN(C(=O)c4cc(C/C(=N/NC=O)c5ccccc5C)ccc4F)CC3)C(OC(F)(F)F)=C2)c1. The van der Waals surface area contributed by atoms with E-state index in [1.807, 2.05) is 64.1 Å². The number of nitrogens with one attached hydrogen (secondary N) is 4. The third-order valence-corrected chi connectivity index (χ3v) is 9.66. The van der Waals surface area contributed by atoms with Crippen molar-refractivity contribution < 1.29 is 46.2 Å². The van der Waals surface area contributed by atoms with Gasteiger partial charge in [0.25, 0.3) is 5.91 Å². The summed E-state index contributed by atoms with van der Waals surface area (Å²) in [5.74, 6) is -2.67. The fraction of sp³-hybridized carbons (Fsp3) is 0.386. The van der Waals surface area contributed by atoms with Crippen molar-refractivity contribution in [1.29, 1.82) is 0 Å². The maximum absolute atomic E-state index is 15.0. The standard InChI is InChI=1S/C42H47F4N7O6.C2H6/c1-3-29-8-6-9-31(21-29)32-24-37(59-42(44,45)46)39(49-25-32)40(56)48-14-20-58-19-13-47-26-38(55)52-15-17-53(18-16-52)41(57)34-22-30(11-12-35(34)43)23-36(51-50-27-54)33-10-5-4-7-28(33)2;1-2/h4-12,21-22,24-25,27,39,47,49H,3,13-20,23,26H2,1-2H3,(H,48,56)(H,50,54);1-2H3/b51-36-;. The number of dihydropyridines is 1. The molecule has 0 radical (unpaired) electrons. The van der Waals surface area contributed by atoms with E-state index >= 15 is 0 Å². The molecule has 17 heteroatoms. The molecule has 328 valence electrons. The first kappa shape index (κ1) is 47.6. The number of carbonyl (C=O) groups excluding carboxylic acids is 4. The quantitative estimate of drug-likeness (QED) is 0.0466. The lowest BCUT2D eigenvalue weighted by molar-refractivity contribution is -0.307. The van der Waals surface area contributed by atoms with E-state index in [1.165, 1.54) is 29.3 Å². The first-order valence-corrected chi connectivity index (χ1v) is 20.1. The minimum absolute atomic E-state index is 0.00830. The molecule has 0 bridgehead atoms. The summed E-state index contributed by atoms with van der Waals surface area (Å²) in [5.41, 5.74) is 7.26. The summed E-state index contributed by atoms with van der Waals surface area (Å²) >= 11 is 0. The Bertz CT molecular complexity index is 2070. The van der Waals surface area contributed by atoms with Crippen LogP contribution in [0.15, 0.2) is 89.9 Å². The van der Waals surface area contributed by atoms with E-state index in [0.29, 0.717) is 35.4 Å². The first-order chi connectivity index (χ1) is 29.4. The Morgan fingerprint density at radius 3 is 2.34 bits per heavy atom. The van der Waals surface area contributed by atoms with Gasteiger partial charge in [-0.15, -0.1) is 13.2 Å². The number of nitrogens with zero attached hydrogens (tertiary/aromatic N) is 3. The summed E-state index contributed by atoms with van der Waals surface area (Å²) in [5, 5.41) is 12.4. The smallest absolute Gasteiger partial charge is 0.407 e. The molecule has 1 unspecified atom stereocenters. The fourth-order valence-corrected chi connectivity index (χ4v) is 6.56. The van der Waals surface area contributed by atoms with Gasteiger partial charge in [-0.25, -0.2) is 9.82 Å². The Hall–Kier alpha value is -6.07. The largest absolute Gasteiger partial charge is 0.572 e. The van der Waals surface area contributed by atoms with Crippen LogP contribution in [0.25, 0.3) is 5.57 Å². The monoisotopic (exact) mass is 851 g/mol. The zero-order valence-corrected chi connectivity index (χ0v) is 34.7. The maximum atomic E-state index is 15.0. The van der Waals surface area contributed by atoms with E-state index < -0.39 is 35.8 Å². The average molecular weight is 852 g/mol. The van der Waals surface area contributed by atoms with Gasteiger partial charge in [0, 0.05) is 63.0 Å². The Kier molecular flexibility index (Phi) is 18.5. The van der Waals surface area contributed by atoms with Gasteiger partial charge in [0.05, 0.1) is 31.0 Å². The summed E-state index contributed by atoms with van der Waals surface area (Å²) in [6.07, 6.45) is -0.884. The molecule has 0 spiro atoms. The number of hydrogen-bond donors (Lipinski definition) is 4. The Morgan fingerprint density at radius 2 is 1.64 bits per heavy atom. The van der Waals surface area contributed by atoms with Crippen LogP contribution in [0.4, 0.5) is 17.6 Å². The molecule has 5 rings (SSSR count). The number of hydrogen-bond acceptors (Lipinski definition) is 9. The van der Waals surface area contributed by atoms with Crippen molar-refractivity contribution in [3.8, 4) is 0 Å². The molecular formula is C44H53F4N7O6. The molecule has 1 atom stereocenters. The van der Waals surface area contributed by atoms with Gasteiger partial charge in [-0.2, -0.15) is 5.10 Å².